The molecule has 6 N–H and O–H groups in total. The minimum absolute atomic E-state index is 0. The average molecular weight is 784 g/mol. The second-order valence-electron chi connectivity index (χ2n) is 14.3. The number of anilines is 3. The molecule has 0 bridgehead atoms. The number of amides is 1. The number of halogens is 1. The van der Waals surface area contributed by atoms with Crippen LogP contribution in [0.15, 0.2) is 122 Å². The monoisotopic (exact) mass is 783 g/mol. The van der Waals surface area contributed by atoms with Gasteiger partial charge < -0.3 is 31.4 Å². The molecule has 8 rings (SSSR count). The summed E-state index contributed by atoms with van der Waals surface area (Å²) in [5, 5.41) is 11.4. The number of pyridine rings is 2. The molecule has 0 radical (unpaired) electrons. The molecule has 2 aliphatic carbocycles. The molecule has 2 aromatic heterocycles. The Kier molecular flexibility index (Phi) is 13.2. The van der Waals surface area contributed by atoms with Crippen LogP contribution in [0.4, 0.5) is 21.5 Å². The molecule has 4 aromatic carbocycles. The number of aromatic nitrogens is 2. The number of methoxy groups -OCH3 is 2. The number of rotatable bonds is 9. The lowest BCUT2D eigenvalue weighted by molar-refractivity contribution is 0.0694. The van der Waals surface area contributed by atoms with Gasteiger partial charge in [0.2, 0.25) is 0 Å². The standard InChI is InChI=1S/C23H23N3O2.C16H17NO.C7H6FNO2.CH4/c1-15-20(13-25-14-21(15)24)22(27)26-18-7-3-16(4-8-18)23(11-12-23)17-5-9-19(28-2)10-6-17;1-18-15-8-4-13(5-9-15)16(10-11-16)12-2-6-14(17)7-3-12;1-4-5(7(10)11)2-9-3-6(4)8;/h3-10,13-14H,11-12,24H2,1-2H3,(H,26,27);2-9H,10-11,17H2,1H3;2-3H,1H3,(H,10,11);1H4. The van der Waals surface area contributed by atoms with Crippen LogP contribution in [-0.4, -0.2) is 41.2 Å². The summed E-state index contributed by atoms with van der Waals surface area (Å²) in [6.45, 7) is 3.22. The highest BCUT2D eigenvalue weighted by molar-refractivity contribution is 6.05. The Balaban J connectivity index is 0.000000183. The van der Waals surface area contributed by atoms with Crippen LogP contribution in [0.25, 0.3) is 0 Å². The van der Waals surface area contributed by atoms with E-state index in [9.17, 15) is 14.0 Å². The maximum atomic E-state index is 12.6. The van der Waals surface area contributed by atoms with E-state index in [1.165, 1.54) is 48.2 Å². The Morgan fingerprint density at radius 1 is 0.638 bits per heavy atom. The summed E-state index contributed by atoms with van der Waals surface area (Å²) < 4.78 is 23.1. The third kappa shape index (κ3) is 9.26. The molecule has 0 aliphatic heterocycles. The van der Waals surface area contributed by atoms with Gasteiger partial charge in [-0.2, -0.15) is 0 Å². The molecule has 0 unspecified atom stereocenters. The smallest absolute Gasteiger partial charge is 0.337 e. The van der Waals surface area contributed by atoms with Crippen LogP contribution < -0.4 is 26.3 Å². The SMILES string of the molecule is C.COc1ccc(C2(c3ccc(N)cc3)CC2)cc1.COc1ccc(C2(c3ccc(NC(=O)c4cncc(N)c4C)cc3)CC2)cc1.Cc1c(F)cncc1C(=O)O. The van der Waals surface area contributed by atoms with Crippen molar-refractivity contribution in [2.75, 3.05) is 31.0 Å². The van der Waals surface area contributed by atoms with Gasteiger partial charge in [0.15, 0.2) is 0 Å². The van der Waals surface area contributed by atoms with Crippen molar-refractivity contribution < 1.29 is 28.6 Å². The Bertz CT molecular complexity index is 2340. The summed E-state index contributed by atoms with van der Waals surface area (Å²) in [6.07, 6.45) is 9.88. The summed E-state index contributed by atoms with van der Waals surface area (Å²) in [4.78, 5) is 30.3. The molecule has 2 heterocycles. The maximum Gasteiger partial charge on any atom is 0.337 e. The zero-order chi connectivity index (χ0) is 40.7. The molecule has 6 aromatic rings. The van der Waals surface area contributed by atoms with Crippen LogP contribution >= 0.6 is 0 Å². The van der Waals surface area contributed by atoms with E-state index in [0.717, 1.165) is 53.7 Å². The number of nitrogen functional groups attached to an aromatic ring is 2. The van der Waals surface area contributed by atoms with Gasteiger partial charge in [0.25, 0.3) is 5.91 Å². The molecular formula is C47H50FN5O5. The van der Waals surface area contributed by atoms with E-state index >= 15 is 0 Å². The molecule has 1 amide bonds. The molecule has 0 saturated heterocycles. The normalized spacial score (nSPS) is 13.8. The van der Waals surface area contributed by atoms with Gasteiger partial charge in [-0.1, -0.05) is 56.0 Å². The molecular weight excluding hydrogens is 734 g/mol. The van der Waals surface area contributed by atoms with Crippen LogP contribution in [0.2, 0.25) is 0 Å². The summed E-state index contributed by atoms with van der Waals surface area (Å²) >= 11 is 0. The number of aromatic carboxylic acids is 1. The number of carboxylic acid groups (broad SMARTS) is 1. The third-order valence-corrected chi connectivity index (χ3v) is 10.8. The third-order valence-electron chi connectivity index (χ3n) is 10.8. The zero-order valence-corrected chi connectivity index (χ0v) is 32.4. The van der Waals surface area contributed by atoms with Crippen LogP contribution in [0.1, 0.15) is 87.2 Å². The van der Waals surface area contributed by atoms with Gasteiger partial charge in [0.1, 0.15) is 17.3 Å². The Morgan fingerprint density at radius 3 is 1.47 bits per heavy atom. The lowest BCUT2D eigenvalue weighted by atomic mass is 9.88. The highest BCUT2D eigenvalue weighted by atomic mass is 19.1. The average Bonchev–Trinajstić information content (AvgIpc) is 4.17. The number of hydrogen-bond donors (Lipinski definition) is 4. The van der Waals surface area contributed by atoms with E-state index in [1.807, 2.05) is 55.5 Å². The van der Waals surface area contributed by atoms with E-state index < -0.39 is 11.8 Å². The summed E-state index contributed by atoms with van der Waals surface area (Å²) in [5.41, 5.74) is 20.5. The van der Waals surface area contributed by atoms with Crippen molar-refractivity contribution in [1.29, 1.82) is 0 Å². The van der Waals surface area contributed by atoms with E-state index in [1.54, 1.807) is 20.4 Å². The minimum atomic E-state index is -1.16. The first-order valence-corrected chi connectivity index (χ1v) is 18.5. The maximum absolute atomic E-state index is 12.6. The molecule has 0 atom stereocenters. The summed E-state index contributed by atoms with van der Waals surface area (Å²) in [5.74, 6) is -0.184. The van der Waals surface area contributed by atoms with Crippen LogP contribution in [0.5, 0.6) is 11.5 Å². The van der Waals surface area contributed by atoms with Gasteiger partial charge in [-0.25, -0.2) is 9.18 Å². The highest BCUT2D eigenvalue weighted by Gasteiger charge is 2.46. The number of ether oxygens (including phenoxy) is 2. The Morgan fingerprint density at radius 2 is 1.05 bits per heavy atom. The second-order valence-corrected chi connectivity index (χ2v) is 14.3. The van der Waals surface area contributed by atoms with Gasteiger partial charge in [0.05, 0.1) is 43.4 Å². The fourth-order valence-corrected chi connectivity index (χ4v) is 6.92. The predicted molar refractivity (Wildman–Crippen MR) is 227 cm³/mol. The van der Waals surface area contributed by atoms with Gasteiger partial charge >= 0.3 is 5.97 Å². The number of hydrogen-bond acceptors (Lipinski definition) is 8. The van der Waals surface area contributed by atoms with Gasteiger partial charge in [-0.15, -0.1) is 0 Å². The number of nitrogens with zero attached hydrogens (tertiary/aromatic N) is 2. The largest absolute Gasteiger partial charge is 0.497 e. The molecule has 300 valence electrons. The fraction of sp³-hybridized carbons (Fsp3) is 0.234. The number of nitrogens with one attached hydrogen (secondary N) is 1. The van der Waals surface area contributed by atoms with E-state index in [-0.39, 0.29) is 35.3 Å². The number of carbonyl (C=O) groups excluding carboxylic acids is 1. The molecule has 2 fully saturated rings. The first kappa shape index (κ1) is 42.4. The number of carbonyl (C=O) groups is 2. The van der Waals surface area contributed by atoms with Gasteiger partial charge in [-0.05, 0) is 116 Å². The van der Waals surface area contributed by atoms with E-state index in [2.05, 4.69) is 63.8 Å². The van der Waals surface area contributed by atoms with Crippen molar-refractivity contribution in [2.45, 2.75) is 57.8 Å². The lowest BCUT2D eigenvalue weighted by Gasteiger charge is -2.17. The zero-order valence-electron chi connectivity index (χ0n) is 32.4. The molecule has 58 heavy (non-hydrogen) atoms. The molecule has 0 spiro atoms. The van der Waals surface area contributed by atoms with Crippen molar-refractivity contribution in [3.05, 3.63) is 172 Å². The first-order valence-electron chi connectivity index (χ1n) is 18.5. The minimum Gasteiger partial charge on any atom is -0.497 e. The predicted octanol–water partition coefficient (Wildman–Crippen LogP) is 9.53. The number of carboxylic acids is 1. The van der Waals surface area contributed by atoms with Crippen molar-refractivity contribution in [3.8, 4) is 11.5 Å². The number of nitrogens with two attached hydrogens (primary N) is 2. The van der Waals surface area contributed by atoms with Gasteiger partial charge in [0, 0.05) is 40.2 Å². The van der Waals surface area contributed by atoms with Crippen molar-refractivity contribution in [3.63, 3.8) is 0 Å². The van der Waals surface area contributed by atoms with Crippen LogP contribution in [-0.2, 0) is 10.8 Å². The molecule has 11 heteroatoms. The van der Waals surface area contributed by atoms with E-state index in [0.29, 0.717) is 11.3 Å². The van der Waals surface area contributed by atoms with Crippen LogP contribution in [0, 0.1) is 19.7 Å². The van der Waals surface area contributed by atoms with Crippen LogP contribution in [0.3, 0.4) is 0 Å². The van der Waals surface area contributed by atoms with Crippen molar-refractivity contribution in [1.82, 2.24) is 9.97 Å². The van der Waals surface area contributed by atoms with E-state index in [4.69, 9.17) is 26.0 Å². The Labute approximate surface area is 339 Å². The first-order chi connectivity index (χ1) is 27.4. The van der Waals surface area contributed by atoms with Crippen molar-refractivity contribution >= 4 is 28.9 Å². The summed E-state index contributed by atoms with van der Waals surface area (Å²) in [7, 11) is 3.37. The second kappa shape index (κ2) is 18.0. The van der Waals surface area contributed by atoms with Crippen molar-refractivity contribution in [2.24, 2.45) is 0 Å². The Hall–Kier alpha value is -6.75. The lowest BCUT2D eigenvalue weighted by Crippen LogP contribution is -2.15. The van der Waals surface area contributed by atoms with Gasteiger partial charge in [-0.3, -0.25) is 14.8 Å². The topological polar surface area (TPSA) is 163 Å². The quantitative estimate of drug-likeness (QED) is 0.105. The fourth-order valence-electron chi connectivity index (χ4n) is 6.92. The molecule has 10 nitrogen and oxygen atoms in total. The molecule has 2 saturated carbocycles. The summed E-state index contributed by atoms with van der Waals surface area (Å²) in [6, 6.07) is 33.0. The molecule has 2 aliphatic rings. The number of benzene rings is 4. The highest BCUT2D eigenvalue weighted by Crippen LogP contribution is 2.54.